The van der Waals surface area contributed by atoms with Gasteiger partial charge in [-0.05, 0) is 5.41 Å². The normalized spacial score (nSPS) is 24.0. The molecular formula is C11H20O2S. The fourth-order valence-electron chi connectivity index (χ4n) is 1.58. The van der Waals surface area contributed by atoms with Gasteiger partial charge in [-0.3, -0.25) is 4.21 Å². The smallest absolute Gasteiger partial charge is 0.167 e. The summed E-state index contributed by atoms with van der Waals surface area (Å²) < 4.78 is 17.4. The minimum Gasteiger partial charge on any atom is -0.483 e. The Hall–Kier alpha value is -0.310. The van der Waals surface area contributed by atoms with Crippen molar-refractivity contribution in [2.45, 2.75) is 41.5 Å². The van der Waals surface area contributed by atoms with Gasteiger partial charge in [0.1, 0.15) is 5.76 Å². The Labute approximate surface area is 89.2 Å². The molecule has 1 aliphatic rings. The lowest BCUT2D eigenvalue weighted by Gasteiger charge is -2.25. The molecule has 0 radical (unpaired) electrons. The lowest BCUT2D eigenvalue weighted by atomic mass is 9.86. The Morgan fingerprint density at radius 3 is 1.86 bits per heavy atom. The zero-order valence-corrected chi connectivity index (χ0v) is 10.7. The molecule has 2 nitrogen and oxygen atoms in total. The van der Waals surface area contributed by atoms with E-state index in [2.05, 4.69) is 41.5 Å². The Morgan fingerprint density at radius 1 is 1.07 bits per heavy atom. The second kappa shape index (κ2) is 3.37. The Balaban J connectivity index is 3.23. The first-order chi connectivity index (χ1) is 6.14. The SMILES string of the molecule is CC(C)(C)C1=C(C(C)(C)C)S(=O)CO1. The molecule has 1 atom stereocenters. The van der Waals surface area contributed by atoms with Gasteiger partial charge in [-0.1, -0.05) is 41.5 Å². The predicted octanol–water partition coefficient (Wildman–Crippen LogP) is 3.03. The van der Waals surface area contributed by atoms with E-state index in [0.717, 1.165) is 10.7 Å². The molecule has 1 aliphatic heterocycles. The van der Waals surface area contributed by atoms with E-state index in [4.69, 9.17) is 4.74 Å². The maximum Gasteiger partial charge on any atom is 0.167 e. The monoisotopic (exact) mass is 216 g/mol. The van der Waals surface area contributed by atoms with Crippen molar-refractivity contribution in [3.8, 4) is 0 Å². The molecule has 82 valence electrons. The highest BCUT2D eigenvalue weighted by Crippen LogP contribution is 2.42. The summed E-state index contributed by atoms with van der Waals surface area (Å²) >= 11 is 0. The standard InChI is InChI=1S/C11H20O2S/c1-10(2,3)8-9(11(4,5)6)14(12)7-13-8/h7H2,1-6H3. The molecule has 0 aliphatic carbocycles. The van der Waals surface area contributed by atoms with E-state index in [1.807, 2.05) is 0 Å². The zero-order chi connectivity index (χ0) is 11.1. The average molecular weight is 216 g/mol. The van der Waals surface area contributed by atoms with Crippen LogP contribution in [0, 0.1) is 10.8 Å². The minimum atomic E-state index is -0.949. The average Bonchev–Trinajstić information content (AvgIpc) is 2.27. The molecule has 14 heavy (non-hydrogen) atoms. The van der Waals surface area contributed by atoms with Crippen LogP contribution in [0.5, 0.6) is 0 Å². The first-order valence-corrected chi connectivity index (χ1v) is 6.22. The van der Waals surface area contributed by atoms with E-state index in [-0.39, 0.29) is 10.8 Å². The summed E-state index contributed by atoms with van der Waals surface area (Å²) in [4.78, 5) is 0.977. The lowest BCUT2D eigenvalue weighted by Crippen LogP contribution is -2.18. The summed E-state index contributed by atoms with van der Waals surface area (Å²) in [5, 5.41) is 0. The van der Waals surface area contributed by atoms with Gasteiger partial charge in [-0.15, -0.1) is 0 Å². The van der Waals surface area contributed by atoms with Gasteiger partial charge >= 0.3 is 0 Å². The van der Waals surface area contributed by atoms with Gasteiger partial charge < -0.3 is 4.74 Å². The second-order valence-corrected chi connectivity index (χ2v) is 7.10. The van der Waals surface area contributed by atoms with Gasteiger partial charge in [0.25, 0.3) is 0 Å². The summed E-state index contributed by atoms with van der Waals surface area (Å²) in [6, 6.07) is 0. The summed E-state index contributed by atoms with van der Waals surface area (Å²) in [5.74, 6) is 1.25. The molecule has 0 bridgehead atoms. The van der Waals surface area contributed by atoms with Crippen molar-refractivity contribution in [2.24, 2.45) is 10.8 Å². The molecule has 0 N–H and O–H groups in total. The van der Waals surface area contributed by atoms with Crippen LogP contribution in [-0.4, -0.2) is 10.1 Å². The van der Waals surface area contributed by atoms with Crippen LogP contribution in [0.2, 0.25) is 0 Å². The van der Waals surface area contributed by atoms with Crippen molar-refractivity contribution in [3.05, 3.63) is 10.7 Å². The molecule has 1 heterocycles. The third-order valence-electron chi connectivity index (χ3n) is 2.11. The van der Waals surface area contributed by atoms with Gasteiger partial charge in [0.05, 0.1) is 15.7 Å². The van der Waals surface area contributed by atoms with Gasteiger partial charge in [0.2, 0.25) is 0 Å². The summed E-state index contributed by atoms with van der Waals surface area (Å²) in [5.41, 5.74) is -0.112. The van der Waals surface area contributed by atoms with Crippen LogP contribution in [0.3, 0.4) is 0 Å². The molecule has 0 saturated heterocycles. The predicted molar refractivity (Wildman–Crippen MR) is 60.0 cm³/mol. The van der Waals surface area contributed by atoms with Crippen molar-refractivity contribution < 1.29 is 8.95 Å². The first kappa shape index (κ1) is 11.8. The van der Waals surface area contributed by atoms with E-state index >= 15 is 0 Å². The summed E-state index contributed by atoms with van der Waals surface area (Å²) in [7, 11) is -0.949. The highest BCUT2D eigenvalue weighted by molar-refractivity contribution is 7.89. The van der Waals surface area contributed by atoms with Gasteiger partial charge in [0.15, 0.2) is 5.94 Å². The third-order valence-corrected chi connectivity index (χ3v) is 3.69. The Kier molecular flexibility index (Phi) is 2.83. The van der Waals surface area contributed by atoms with Crippen LogP contribution in [0.1, 0.15) is 41.5 Å². The molecule has 0 aromatic rings. The zero-order valence-electron chi connectivity index (χ0n) is 9.93. The van der Waals surface area contributed by atoms with E-state index in [0.29, 0.717) is 5.94 Å². The Morgan fingerprint density at radius 2 is 1.57 bits per heavy atom. The maximum atomic E-state index is 11.8. The van der Waals surface area contributed by atoms with Crippen LogP contribution in [0.25, 0.3) is 0 Å². The van der Waals surface area contributed by atoms with Crippen molar-refractivity contribution in [2.75, 3.05) is 5.94 Å². The quantitative estimate of drug-likeness (QED) is 0.622. The molecule has 1 rings (SSSR count). The third kappa shape index (κ3) is 2.19. The van der Waals surface area contributed by atoms with Crippen LogP contribution < -0.4 is 0 Å². The molecule has 3 heteroatoms. The molecule has 0 saturated carbocycles. The highest BCUT2D eigenvalue weighted by Gasteiger charge is 2.37. The van der Waals surface area contributed by atoms with Crippen molar-refractivity contribution in [1.82, 2.24) is 0 Å². The summed E-state index contributed by atoms with van der Waals surface area (Å²) in [6.07, 6.45) is 0. The van der Waals surface area contributed by atoms with E-state index in [9.17, 15) is 4.21 Å². The lowest BCUT2D eigenvalue weighted by molar-refractivity contribution is 0.194. The molecule has 0 aromatic carbocycles. The minimum absolute atomic E-state index is 0.0469. The fourth-order valence-corrected chi connectivity index (χ4v) is 3.18. The number of hydrogen-bond acceptors (Lipinski definition) is 2. The fraction of sp³-hybridized carbons (Fsp3) is 0.818. The van der Waals surface area contributed by atoms with Gasteiger partial charge in [-0.2, -0.15) is 0 Å². The molecule has 0 amide bonds. The number of allylic oxidation sites excluding steroid dienone is 2. The molecule has 0 aromatic heterocycles. The topological polar surface area (TPSA) is 26.3 Å². The van der Waals surface area contributed by atoms with Gasteiger partial charge in [-0.25, -0.2) is 0 Å². The van der Waals surface area contributed by atoms with E-state index in [1.54, 1.807) is 0 Å². The Bertz CT molecular complexity index is 289. The second-order valence-electron chi connectivity index (χ2n) is 5.77. The molecular weight excluding hydrogens is 196 g/mol. The molecule has 0 fully saturated rings. The van der Waals surface area contributed by atoms with Crippen molar-refractivity contribution >= 4 is 10.8 Å². The maximum absolute atomic E-state index is 11.8. The first-order valence-electron chi connectivity index (χ1n) is 4.90. The van der Waals surface area contributed by atoms with Crippen molar-refractivity contribution in [3.63, 3.8) is 0 Å². The van der Waals surface area contributed by atoms with E-state index in [1.165, 1.54) is 0 Å². The van der Waals surface area contributed by atoms with Crippen molar-refractivity contribution in [1.29, 1.82) is 0 Å². The molecule has 0 spiro atoms. The number of rotatable bonds is 0. The largest absolute Gasteiger partial charge is 0.483 e. The number of hydrogen-bond donors (Lipinski definition) is 0. The van der Waals surface area contributed by atoms with Gasteiger partial charge in [0, 0.05) is 5.41 Å². The number of ether oxygens (including phenoxy) is 1. The molecule has 1 unspecified atom stereocenters. The van der Waals surface area contributed by atoms with Crippen LogP contribution in [-0.2, 0) is 15.5 Å². The summed E-state index contributed by atoms with van der Waals surface area (Å²) in [6.45, 7) is 12.5. The van der Waals surface area contributed by atoms with Crippen LogP contribution in [0.4, 0.5) is 0 Å². The van der Waals surface area contributed by atoms with Crippen LogP contribution >= 0.6 is 0 Å². The highest BCUT2D eigenvalue weighted by atomic mass is 32.2. The van der Waals surface area contributed by atoms with Crippen LogP contribution in [0.15, 0.2) is 10.7 Å². The van der Waals surface area contributed by atoms with E-state index < -0.39 is 10.8 Å².